The molecular formula is C21H22N6. The minimum Gasteiger partial charge on any atom is -0.387 e. The predicted octanol–water partition coefficient (Wildman–Crippen LogP) is 2.64. The maximum atomic E-state index is 5.86. The maximum absolute atomic E-state index is 5.86. The number of fused-ring (bicyclic) bond motifs is 2. The highest BCUT2D eigenvalue weighted by molar-refractivity contribution is 5.92. The molecule has 6 nitrogen and oxygen atoms in total. The number of benzene rings is 1. The van der Waals surface area contributed by atoms with Gasteiger partial charge < -0.3 is 16.0 Å². The predicted molar refractivity (Wildman–Crippen MR) is 110 cm³/mol. The molecule has 1 saturated heterocycles. The van der Waals surface area contributed by atoms with E-state index in [9.17, 15) is 0 Å². The molecule has 4 heterocycles. The molecule has 6 heteroatoms. The molecule has 1 fully saturated rings. The van der Waals surface area contributed by atoms with Crippen molar-refractivity contribution in [3.05, 3.63) is 48.2 Å². The second-order valence-electron chi connectivity index (χ2n) is 7.35. The Morgan fingerprint density at radius 2 is 2.07 bits per heavy atom. The Hall–Kier alpha value is -2.99. The number of nitrogens with two attached hydrogens (primary N) is 1. The van der Waals surface area contributed by atoms with E-state index in [0.29, 0.717) is 11.9 Å². The van der Waals surface area contributed by atoms with Gasteiger partial charge in [0.05, 0.1) is 34.3 Å². The van der Waals surface area contributed by atoms with Gasteiger partial charge in [-0.1, -0.05) is 12.1 Å². The molecule has 2 aliphatic heterocycles. The number of nitrogens with one attached hydrogen (secondary N) is 1. The van der Waals surface area contributed by atoms with Gasteiger partial charge in [-0.15, -0.1) is 0 Å². The lowest BCUT2D eigenvalue weighted by molar-refractivity contribution is 0.484. The number of aliphatic imine (C=N–C) groups is 1. The molecular weight excluding hydrogens is 336 g/mol. The van der Waals surface area contributed by atoms with E-state index in [2.05, 4.69) is 51.4 Å². The normalized spacial score (nSPS) is 19.2. The minimum absolute atomic E-state index is 0.480. The van der Waals surface area contributed by atoms with Crippen LogP contribution in [0, 0.1) is 0 Å². The molecule has 0 bridgehead atoms. The fourth-order valence-corrected chi connectivity index (χ4v) is 3.86. The molecule has 3 N–H and O–H groups in total. The second-order valence-corrected chi connectivity index (χ2v) is 7.35. The van der Waals surface area contributed by atoms with Crippen molar-refractivity contribution in [1.82, 2.24) is 15.3 Å². The van der Waals surface area contributed by atoms with Crippen LogP contribution in [0.15, 0.2) is 47.6 Å². The minimum atomic E-state index is 0.480. The van der Waals surface area contributed by atoms with Gasteiger partial charge in [0, 0.05) is 37.7 Å². The first kappa shape index (κ1) is 16.2. The lowest BCUT2D eigenvalue weighted by atomic mass is 10.1. The number of amidine groups is 1. The van der Waals surface area contributed by atoms with Gasteiger partial charge in [-0.25, -0.2) is 9.98 Å². The van der Waals surface area contributed by atoms with Gasteiger partial charge in [-0.05, 0) is 36.8 Å². The molecule has 1 unspecified atom stereocenters. The van der Waals surface area contributed by atoms with Gasteiger partial charge in [0.1, 0.15) is 5.84 Å². The summed E-state index contributed by atoms with van der Waals surface area (Å²) in [6.45, 7) is 5.17. The van der Waals surface area contributed by atoms with Crippen LogP contribution in [0.25, 0.3) is 22.3 Å². The number of hydrogen-bond acceptors (Lipinski definition) is 6. The highest BCUT2D eigenvalue weighted by Gasteiger charge is 2.17. The number of rotatable bonds is 2. The Balaban J connectivity index is 1.52. The van der Waals surface area contributed by atoms with E-state index < -0.39 is 0 Å². The van der Waals surface area contributed by atoms with E-state index in [1.807, 2.05) is 18.3 Å². The summed E-state index contributed by atoms with van der Waals surface area (Å²) in [4.78, 5) is 16.3. The van der Waals surface area contributed by atoms with Crippen molar-refractivity contribution in [3.8, 4) is 11.3 Å². The van der Waals surface area contributed by atoms with Crippen molar-refractivity contribution < 1.29 is 0 Å². The van der Waals surface area contributed by atoms with Crippen molar-refractivity contribution in [2.24, 2.45) is 10.7 Å². The maximum Gasteiger partial charge on any atom is 0.104 e. The quantitative estimate of drug-likeness (QED) is 0.736. The first-order valence-electron chi connectivity index (χ1n) is 9.37. The van der Waals surface area contributed by atoms with Crippen molar-refractivity contribution in [2.45, 2.75) is 19.4 Å². The van der Waals surface area contributed by atoms with Gasteiger partial charge in [0.2, 0.25) is 0 Å². The monoisotopic (exact) mass is 358 g/mol. The van der Waals surface area contributed by atoms with Crippen molar-refractivity contribution in [3.63, 3.8) is 0 Å². The number of anilines is 1. The molecule has 5 rings (SSSR count). The number of pyridine rings is 2. The van der Waals surface area contributed by atoms with E-state index in [1.54, 1.807) is 0 Å². The summed E-state index contributed by atoms with van der Waals surface area (Å²) in [7, 11) is 0. The van der Waals surface area contributed by atoms with E-state index in [4.69, 9.17) is 10.7 Å². The van der Waals surface area contributed by atoms with Gasteiger partial charge in [-0.3, -0.25) is 4.98 Å². The lowest BCUT2D eigenvalue weighted by Crippen LogP contribution is -2.49. The van der Waals surface area contributed by atoms with Crippen LogP contribution in [0.2, 0.25) is 0 Å². The van der Waals surface area contributed by atoms with Gasteiger partial charge in [0.25, 0.3) is 0 Å². The third-order valence-electron chi connectivity index (χ3n) is 5.27. The standard InChI is InChI=1S/C21H22N6/c1-13-12-27(7-6-23-13)16-10-20-18(24-11-16)5-4-17(25-20)14-2-3-15-9-21(22)26-19(15)8-14/h2-5,8,10-11,13,23H,6-7,9,12H2,1H3,(H2,22,26). The van der Waals surface area contributed by atoms with Gasteiger partial charge in [-0.2, -0.15) is 0 Å². The highest BCUT2D eigenvalue weighted by Crippen LogP contribution is 2.31. The summed E-state index contributed by atoms with van der Waals surface area (Å²) in [5.41, 5.74) is 12.9. The number of piperazine rings is 1. The van der Waals surface area contributed by atoms with Crippen LogP contribution < -0.4 is 16.0 Å². The molecule has 3 aromatic rings. The third kappa shape index (κ3) is 3.02. The van der Waals surface area contributed by atoms with Crippen LogP contribution in [0.4, 0.5) is 11.4 Å². The zero-order valence-electron chi connectivity index (χ0n) is 15.3. The van der Waals surface area contributed by atoms with Crippen LogP contribution in [0.3, 0.4) is 0 Å². The second kappa shape index (κ2) is 6.32. The summed E-state index contributed by atoms with van der Waals surface area (Å²) in [6.07, 6.45) is 2.69. The molecule has 27 heavy (non-hydrogen) atoms. The number of nitrogens with zero attached hydrogens (tertiary/aromatic N) is 4. The zero-order chi connectivity index (χ0) is 18.4. The molecule has 0 aliphatic carbocycles. The molecule has 0 amide bonds. The van der Waals surface area contributed by atoms with Crippen LogP contribution in [0.1, 0.15) is 12.5 Å². The first-order valence-corrected chi connectivity index (χ1v) is 9.37. The van der Waals surface area contributed by atoms with Gasteiger partial charge in [0.15, 0.2) is 0 Å². The Labute approximate surface area is 158 Å². The largest absolute Gasteiger partial charge is 0.387 e. The van der Waals surface area contributed by atoms with Crippen LogP contribution in [-0.4, -0.2) is 41.5 Å². The molecule has 1 aromatic carbocycles. The average Bonchev–Trinajstić information content (AvgIpc) is 3.06. The molecule has 136 valence electrons. The summed E-state index contributed by atoms with van der Waals surface area (Å²) in [5, 5.41) is 3.48. The SMILES string of the molecule is CC1CN(c2cnc3ccc(-c4ccc5c(c4)N=C(N)C5)nc3c2)CCN1. The number of hydrogen-bond donors (Lipinski definition) is 2. The fraction of sp³-hybridized carbons (Fsp3) is 0.286. The topological polar surface area (TPSA) is 79.4 Å². The molecule has 1 atom stereocenters. The van der Waals surface area contributed by atoms with Crippen LogP contribution >= 0.6 is 0 Å². The van der Waals surface area contributed by atoms with Gasteiger partial charge >= 0.3 is 0 Å². The van der Waals surface area contributed by atoms with Crippen molar-refractivity contribution in [1.29, 1.82) is 0 Å². The lowest BCUT2D eigenvalue weighted by Gasteiger charge is -2.33. The average molecular weight is 358 g/mol. The van der Waals surface area contributed by atoms with Crippen molar-refractivity contribution in [2.75, 3.05) is 24.5 Å². The van der Waals surface area contributed by atoms with E-state index in [1.165, 1.54) is 5.56 Å². The molecule has 2 aliphatic rings. The Morgan fingerprint density at radius 1 is 1.15 bits per heavy atom. The number of aromatic nitrogens is 2. The Morgan fingerprint density at radius 3 is 2.96 bits per heavy atom. The Bertz CT molecular complexity index is 1060. The molecule has 0 saturated carbocycles. The zero-order valence-corrected chi connectivity index (χ0v) is 15.3. The van der Waals surface area contributed by atoms with Crippen LogP contribution in [0.5, 0.6) is 0 Å². The van der Waals surface area contributed by atoms with E-state index in [-0.39, 0.29) is 0 Å². The summed E-state index contributed by atoms with van der Waals surface area (Å²) in [5.74, 6) is 0.674. The summed E-state index contributed by atoms with van der Waals surface area (Å²) in [6, 6.07) is 12.9. The summed E-state index contributed by atoms with van der Waals surface area (Å²) >= 11 is 0. The van der Waals surface area contributed by atoms with Crippen LogP contribution in [-0.2, 0) is 6.42 Å². The molecule has 0 spiro atoms. The van der Waals surface area contributed by atoms with Crippen molar-refractivity contribution >= 4 is 28.2 Å². The van der Waals surface area contributed by atoms with E-state index >= 15 is 0 Å². The highest BCUT2D eigenvalue weighted by atomic mass is 15.2. The smallest absolute Gasteiger partial charge is 0.104 e. The molecule has 2 aromatic heterocycles. The molecule has 0 radical (unpaired) electrons. The third-order valence-corrected chi connectivity index (χ3v) is 5.27. The Kier molecular flexibility index (Phi) is 3.79. The fourth-order valence-electron chi connectivity index (χ4n) is 3.86. The summed E-state index contributed by atoms with van der Waals surface area (Å²) < 4.78 is 0. The van der Waals surface area contributed by atoms with E-state index in [0.717, 1.165) is 59.7 Å². The first-order chi connectivity index (χ1) is 13.2.